The molecule has 2 heterocycles. The second-order valence-corrected chi connectivity index (χ2v) is 7.50. The van der Waals surface area contributed by atoms with Gasteiger partial charge in [-0.25, -0.2) is 4.68 Å². The zero-order chi connectivity index (χ0) is 21.8. The maximum Gasteiger partial charge on any atom is 0.252 e. The molecule has 1 unspecified atom stereocenters. The van der Waals surface area contributed by atoms with Gasteiger partial charge in [0.1, 0.15) is 5.52 Å². The third-order valence-corrected chi connectivity index (χ3v) is 5.36. The van der Waals surface area contributed by atoms with Crippen LogP contribution in [0.3, 0.4) is 0 Å². The topological polar surface area (TPSA) is 72.7 Å². The molecule has 32 heavy (non-hydrogen) atoms. The lowest BCUT2D eigenvalue weighted by Crippen LogP contribution is -2.29. The summed E-state index contributed by atoms with van der Waals surface area (Å²) in [5.74, 6) is -0.151. The van der Waals surface area contributed by atoms with E-state index in [0.717, 1.165) is 27.9 Å². The highest BCUT2D eigenvalue weighted by Gasteiger charge is 2.18. The summed E-state index contributed by atoms with van der Waals surface area (Å²) < 4.78 is 1.86. The molecule has 0 aliphatic carbocycles. The van der Waals surface area contributed by atoms with Crippen molar-refractivity contribution < 1.29 is 4.79 Å². The van der Waals surface area contributed by atoms with Crippen LogP contribution in [-0.4, -0.2) is 25.9 Å². The van der Waals surface area contributed by atoms with Gasteiger partial charge in [0.15, 0.2) is 0 Å². The Bertz CT molecular complexity index is 1290. The van der Waals surface area contributed by atoms with Crippen LogP contribution in [0.15, 0.2) is 103 Å². The van der Waals surface area contributed by atoms with E-state index in [4.69, 9.17) is 0 Å². The molecule has 156 valence electrons. The van der Waals surface area contributed by atoms with Gasteiger partial charge in [-0.2, -0.15) is 0 Å². The number of aromatic nitrogens is 4. The van der Waals surface area contributed by atoms with Gasteiger partial charge in [-0.15, -0.1) is 5.10 Å². The van der Waals surface area contributed by atoms with Gasteiger partial charge in [0.05, 0.1) is 23.8 Å². The van der Waals surface area contributed by atoms with Crippen molar-refractivity contribution in [2.24, 2.45) is 0 Å². The minimum Gasteiger partial charge on any atom is -0.340 e. The van der Waals surface area contributed by atoms with Crippen LogP contribution in [0.25, 0.3) is 11.0 Å². The molecule has 1 atom stereocenters. The van der Waals surface area contributed by atoms with E-state index in [1.807, 2.05) is 102 Å². The number of benzene rings is 3. The standard InChI is InChI=1S/C26H21N5O/c32-26(28-25(20-8-2-1-3-9-20)23-11-6-7-17-27-23)21-15-13-19(14-16-21)18-31-24-12-5-4-10-22(24)29-30-31/h1-17,25H,18H2,(H,28,32). The fourth-order valence-corrected chi connectivity index (χ4v) is 3.70. The monoisotopic (exact) mass is 419 g/mol. The summed E-state index contributed by atoms with van der Waals surface area (Å²) in [6, 6.07) is 30.7. The number of pyridine rings is 1. The predicted octanol–water partition coefficient (Wildman–Crippen LogP) is 4.39. The molecule has 6 nitrogen and oxygen atoms in total. The Kier molecular flexibility index (Phi) is 5.41. The molecule has 0 fully saturated rings. The normalized spacial score (nSPS) is 11.9. The fraction of sp³-hybridized carbons (Fsp3) is 0.0769. The average molecular weight is 419 g/mol. The summed E-state index contributed by atoms with van der Waals surface area (Å²) in [4.78, 5) is 17.5. The molecule has 1 amide bonds. The van der Waals surface area contributed by atoms with Gasteiger partial charge in [-0.05, 0) is 47.5 Å². The number of para-hydroxylation sites is 1. The number of carbonyl (C=O) groups excluding carboxylic acids is 1. The van der Waals surface area contributed by atoms with Crippen LogP contribution in [0.4, 0.5) is 0 Å². The molecule has 0 radical (unpaired) electrons. The van der Waals surface area contributed by atoms with Crippen molar-refractivity contribution in [3.8, 4) is 0 Å². The van der Waals surface area contributed by atoms with Crippen molar-refractivity contribution in [1.29, 1.82) is 0 Å². The van der Waals surface area contributed by atoms with Gasteiger partial charge in [0.25, 0.3) is 5.91 Å². The second-order valence-electron chi connectivity index (χ2n) is 7.50. The van der Waals surface area contributed by atoms with Crippen LogP contribution in [-0.2, 0) is 6.54 Å². The van der Waals surface area contributed by atoms with E-state index in [1.165, 1.54) is 0 Å². The highest BCUT2D eigenvalue weighted by atomic mass is 16.1. The summed E-state index contributed by atoms with van der Waals surface area (Å²) in [5.41, 5.74) is 5.26. The number of hydrogen-bond donors (Lipinski definition) is 1. The predicted molar refractivity (Wildman–Crippen MR) is 123 cm³/mol. The molecule has 0 aliphatic heterocycles. The summed E-state index contributed by atoms with van der Waals surface area (Å²) in [6.07, 6.45) is 1.74. The van der Waals surface area contributed by atoms with E-state index < -0.39 is 0 Å². The molecule has 0 spiro atoms. The van der Waals surface area contributed by atoms with Crippen molar-refractivity contribution in [2.45, 2.75) is 12.6 Å². The molecule has 5 rings (SSSR count). The Labute approximate surface area is 185 Å². The Morgan fingerprint density at radius 3 is 2.38 bits per heavy atom. The maximum atomic E-state index is 13.0. The van der Waals surface area contributed by atoms with Crippen LogP contribution >= 0.6 is 0 Å². The lowest BCUT2D eigenvalue weighted by atomic mass is 10.0. The van der Waals surface area contributed by atoms with Crippen LogP contribution in [0, 0.1) is 0 Å². The molecule has 0 saturated heterocycles. The Morgan fingerprint density at radius 2 is 1.59 bits per heavy atom. The number of hydrogen-bond acceptors (Lipinski definition) is 4. The molecule has 0 saturated carbocycles. The number of amides is 1. The fourth-order valence-electron chi connectivity index (χ4n) is 3.70. The van der Waals surface area contributed by atoms with E-state index >= 15 is 0 Å². The summed E-state index contributed by atoms with van der Waals surface area (Å²) in [6.45, 7) is 0.586. The molecule has 1 N–H and O–H groups in total. The van der Waals surface area contributed by atoms with E-state index in [-0.39, 0.29) is 11.9 Å². The summed E-state index contributed by atoms with van der Waals surface area (Å²) in [7, 11) is 0. The molecule has 0 bridgehead atoms. The van der Waals surface area contributed by atoms with Crippen LogP contribution < -0.4 is 5.32 Å². The molecule has 5 aromatic rings. The first-order valence-corrected chi connectivity index (χ1v) is 10.4. The van der Waals surface area contributed by atoms with Gasteiger partial charge in [0, 0.05) is 11.8 Å². The van der Waals surface area contributed by atoms with Gasteiger partial charge >= 0.3 is 0 Å². The van der Waals surface area contributed by atoms with Crippen molar-refractivity contribution >= 4 is 16.9 Å². The van der Waals surface area contributed by atoms with Gasteiger partial charge in [-0.3, -0.25) is 9.78 Å². The Morgan fingerprint density at radius 1 is 0.844 bits per heavy atom. The van der Waals surface area contributed by atoms with Crippen molar-refractivity contribution in [1.82, 2.24) is 25.3 Å². The molecule has 2 aromatic heterocycles. The van der Waals surface area contributed by atoms with Crippen LogP contribution in [0.5, 0.6) is 0 Å². The zero-order valence-corrected chi connectivity index (χ0v) is 17.3. The first-order valence-electron chi connectivity index (χ1n) is 10.4. The minimum atomic E-state index is -0.328. The van der Waals surface area contributed by atoms with E-state index in [9.17, 15) is 4.79 Å². The van der Waals surface area contributed by atoms with Crippen molar-refractivity contribution in [3.05, 3.63) is 126 Å². The van der Waals surface area contributed by atoms with E-state index in [0.29, 0.717) is 12.1 Å². The van der Waals surface area contributed by atoms with Crippen LogP contribution in [0.1, 0.15) is 33.2 Å². The quantitative estimate of drug-likeness (QED) is 0.443. The first kappa shape index (κ1) is 19.6. The average Bonchev–Trinajstić information content (AvgIpc) is 3.27. The van der Waals surface area contributed by atoms with Crippen molar-refractivity contribution in [2.75, 3.05) is 0 Å². The number of carbonyl (C=O) groups is 1. The number of nitrogens with one attached hydrogen (secondary N) is 1. The number of rotatable bonds is 6. The Balaban J connectivity index is 1.34. The smallest absolute Gasteiger partial charge is 0.252 e. The SMILES string of the molecule is O=C(NC(c1ccccc1)c1ccccn1)c1ccc(Cn2nnc3ccccc32)cc1. The molecule has 3 aromatic carbocycles. The lowest BCUT2D eigenvalue weighted by molar-refractivity contribution is 0.0942. The maximum absolute atomic E-state index is 13.0. The highest BCUT2D eigenvalue weighted by molar-refractivity contribution is 5.94. The van der Waals surface area contributed by atoms with E-state index in [1.54, 1.807) is 6.20 Å². The van der Waals surface area contributed by atoms with Crippen molar-refractivity contribution in [3.63, 3.8) is 0 Å². The first-order chi connectivity index (χ1) is 15.8. The van der Waals surface area contributed by atoms with Gasteiger partial charge < -0.3 is 5.32 Å². The Hall–Kier alpha value is -4.32. The highest BCUT2D eigenvalue weighted by Crippen LogP contribution is 2.21. The third kappa shape index (κ3) is 4.11. The number of fused-ring (bicyclic) bond motifs is 1. The molecule has 6 heteroatoms. The molecular formula is C26H21N5O. The minimum absolute atomic E-state index is 0.151. The second kappa shape index (κ2) is 8.81. The summed E-state index contributed by atoms with van der Waals surface area (Å²) in [5, 5.41) is 11.6. The van der Waals surface area contributed by atoms with Crippen LogP contribution in [0.2, 0.25) is 0 Å². The van der Waals surface area contributed by atoms with Gasteiger partial charge in [0.2, 0.25) is 0 Å². The van der Waals surface area contributed by atoms with Gasteiger partial charge in [-0.1, -0.05) is 65.9 Å². The number of nitrogens with zero attached hydrogens (tertiary/aromatic N) is 4. The zero-order valence-electron chi connectivity index (χ0n) is 17.3. The van der Waals surface area contributed by atoms with E-state index in [2.05, 4.69) is 20.6 Å². The molecular weight excluding hydrogens is 398 g/mol. The molecule has 0 aliphatic rings. The largest absolute Gasteiger partial charge is 0.340 e. The lowest BCUT2D eigenvalue weighted by Gasteiger charge is -2.19. The third-order valence-electron chi connectivity index (χ3n) is 5.36. The summed E-state index contributed by atoms with van der Waals surface area (Å²) >= 11 is 0.